The highest BCUT2D eigenvalue weighted by atomic mass is 16.5. The number of hydrogen-bond acceptors (Lipinski definition) is 3. The van der Waals surface area contributed by atoms with E-state index in [1.807, 2.05) is 6.07 Å². The van der Waals surface area contributed by atoms with Crippen molar-refractivity contribution in [1.82, 2.24) is 0 Å². The predicted molar refractivity (Wildman–Crippen MR) is 79.0 cm³/mol. The van der Waals surface area contributed by atoms with E-state index in [9.17, 15) is 5.11 Å². The Hall–Kier alpha value is -1.22. The number of rotatable bonds is 4. The smallest absolute Gasteiger partial charge is 0.142 e. The molecule has 0 atom stereocenters. The first-order chi connectivity index (χ1) is 9.10. The van der Waals surface area contributed by atoms with Gasteiger partial charge in [0, 0.05) is 13.6 Å². The molecule has 1 aromatic rings. The normalized spacial score (nSPS) is 23.2. The van der Waals surface area contributed by atoms with Crippen LogP contribution in [0.15, 0.2) is 18.2 Å². The first-order valence-corrected chi connectivity index (χ1v) is 7.14. The highest BCUT2D eigenvalue weighted by Gasteiger charge is 2.21. The maximum Gasteiger partial charge on any atom is 0.142 e. The van der Waals surface area contributed by atoms with E-state index in [0.29, 0.717) is 5.92 Å². The van der Waals surface area contributed by atoms with Crippen molar-refractivity contribution in [3.63, 3.8) is 0 Å². The lowest BCUT2D eigenvalue weighted by atomic mass is 9.87. The summed E-state index contributed by atoms with van der Waals surface area (Å²) in [5.74, 6) is 1.61. The Balaban J connectivity index is 2.03. The molecule has 0 spiro atoms. The molecule has 2 rings (SSSR count). The Morgan fingerprint density at radius 3 is 2.58 bits per heavy atom. The van der Waals surface area contributed by atoms with Crippen molar-refractivity contribution >= 4 is 5.69 Å². The monoisotopic (exact) mass is 263 g/mol. The van der Waals surface area contributed by atoms with Crippen LogP contribution in [0.5, 0.6) is 5.75 Å². The number of aliphatic hydroxyl groups excluding tert-OH is 1. The molecule has 0 bridgehead atoms. The zero-order valence-electron chi connectivity index (χ0n) is 12.2. The average molecular weight is 263 g/mol. The van der Waals surface area contributed by atoms with Crippen LogP contribution in [-0.2, 0) is 0 Å². The quantitative estimate of drug-likeness (QED) is 0.906. The first kappa shape index (κ1) is 14.2. The number of ether oxygens (including phenoxy) is 1. The highest BCUT2D eigenvalue weighted by molar-refractivity contribution is 5.59. The van der Waals surface area contributed by atoms with E-state index in [-0.39, 0.29) is 6.10 Å². The fraction of sp³-hybridized carbons (Fsp3) is 0.625. The van der Waals surface area contributed by atoms with Gasteiger partial charge in [-0.2, -0.15) is 0 Å². The van der Waals surface area contributed by atoms with Crippen molar-refractivity contribution in [2.45, 2.75) is 38.7 Å². The molecule has 0 aromatic heterocycles. The van der Waals surface area contributed by atoms with Gasteiger partial charge in [-0.3, -0.25) is 0 Å². The Kier molecular flexibility index (Phi) is 4.70. The van der Waals surface area contributed by atoms with E-state index in [1.54, 1.807) is 7.11 Å². The highest BCUT2D eigenvalue weighted by Crippen LogP contribution is 2.31. The SMILES string of the molecule is COc1ccc(C)cc1N(C)CC1CCC(O)CC1. The van der Waals surface area contributed by atoms with E-state index in [0.717, 1.165) is 43.7 Å². The summed E-state index contributed by atoms with van der Waals surface area (Å²) in [5.41, 5.74) is 2.41. The number of benzene rings is 1. The van der Waals surface area contributed by atoms with E-state index in [2.05, 4.69) is 31.0 Å². The zero-order valence-corrected chi connectivity index (χ0v) is 12.2. The van der Waals surface area contributed by atoms with E-state index in [1.165, 1.54) is 5.56 Å². The van der Waals surface area contributed by atoms with Crippen LogP contribution in [0.1, 0.15) is 31.2 Å². The van der Waals surface area contributed by atoms with Crippen LogP contribution in [0.3, 0.4) is 0 Å². The predicted octanol–water partition coefficient (Wildman–Crippen LogP) is 2.99. The summed E-state index contributed by atoms with van der Waals surface area (Å²) >= 11 is 0. The molecule has 19 heavy (non-hydrogen) atoms. The Bertz CT molecular complexity index is 411. The van der Waals surface area contributed by atoms with Gasteiger partial charge in [0.2, 0.25) is 0 Å². The van der Waals surface area contributed by atoms with Gasteiger partial charge in [0.25, 0.3) is 0 Å². The molecule has 3 nitrogen and oxygen atoms in total. The van der Waals surface area contributed by atoms with Gasteiger partial charge in [0.05, 0.1) is 18.9 Å². The molecule has 1 aliphatic carbocycles. The molecule has 0 heterocycles. The third-order valence-electron chi connectivity index (χ3n) is 4.09. The summed E-state index contributed by atoms with van der Waals surface area (Å²) in [6.45, 7) is 3.14. The molecule has 1 aromatic carbocycles. The van der Waals surface area contributed by atoms with Gasteiger partial charge in [0.1, 0.15) is 5.75 Å². The Morgan fingerprint density at radius 2 is 1.95 bits per heavy atom. The fourth-order valence-electron chi connectivity index (χ4n) is 2.91. The van der Waals surface area contributed by atoms with Crippen molar-refractivity contribution in [3.05, 3.63) is 23.8 Å². The molecule has 0 amide bonds. The summed E-state index contributed by atoms with van der Waals surface area (Å²) in [5, 5.41) is 9.56. The summed E-state index contributed by atoms with van der Waals surface area (Å²) < 4.78 is 5.45. The van der Waals surface area contributed by atoms with Crippen LogP contribution >= 0.6 is 0 Å². The molecular weight excluding hydrogens is 238 g/mol. The van der Waals surface area contributed by atoms with Gasteiger partial charge in [-0.05, 0) is 56.2 Å². The molecular formula is C16H25NO2. The van der Waals surface area contributed by atoms with Crippen LogP contribution in [0.2, 0.25) is 0 Å². The molecule has 0 saturated heterocycles. The van der Waals surface area contributed by atoms with Gasteiger partial charge in [0.15, 0.2) is 0 Å². The van der Waals surface area contributed by atoms with E-state index < -0.39 is 0 Å². The Labute approximate surface area is 116 Å². The van der Waals surface area contributed by atoms with Crippen LogP contribution in [-0.4, -0.2) is 31.9 Å². The van der Waals surface area contributed by atoms with Crippen molar-refractivity contribution < 1.29 is 9.84 Å². The second-order valence-corrected chi connectivity index (χ2v) is 5.73. The van der Waals surface area contributed by atoms with Gasteiger partial charge < -0.3 is 14.7 Å². The number of anilines is 1. The van der Waals surface area contributed by atoms with Gasteiger partial charge in [-0.1, -0.05) is 6.07 Å². The summed E-state index contributed by atoms with van der Waals surface area (Å²) in [7, 11) is 3.85. The largest absolute Gasteiger partial charge is 0.495 e. The minimum absolute atomic E-state index is 0.0740. The van der Waals surface area contributed by atoms with Crippen molar-refractivity contribution in [3.8, 4) is 5.75 Å². The van der Waals surface area contributed by atoms with Crippen molar-refractivity contribution in [2.24, 2.45) is 5.92 Å². The summed E-state index contributed by atoms with van der Waals surface area (Å²) in [4.78, 5) is 2.29. The zero-order chi connectivity index (χ0) is 13.8. The lowest BCUT2D eigenvalue weighted by molar-refractivity contribution is 0.110. The lowest BCUT2D eigenvalue weighted by Crippen LogP contribution is -2.29. The molecule has 1 aliphatic rings. The minimum atomic E-state index is -0.0740. The van der Waals surface area contributed by atoms with Crippen LogP contribution < -0.4 is 9.64 Å². The maximum atomic E-state index is 9.56. The molecule has 3 heteroatoms. The van der Waals surface area contributed by atoms with Crippen LogP contribution in [0, 0.1) is 12.8 Å². The van der Waals surface area contributed by atoms with Crippen molar-refractivity contribution in [1.29, 1.82) is 0 Å². The third kappa shape index (κ3) is 3.63. The number of methoxy groups -OCH3 is 1. The molecule has 106 valence electrons. The first-order valence-electron chi connectivity index (χ1n) is 7.14. The van der Waals surface area contributed by atoms with Gasteiger partial charge >= 0.3 is 0 Å². The lowest BCUT2D eigenvalue weighted by Gasteiger charge is -2.31. The molecule has 0 radical (unpaired) electrons. The number of hydrogen-bond donors (Lipinski definition) is 1. The number of aliphatic hydroxyl groups is 1. The minimum Gasteiger partial charge on any atom is -0.495 e. The molecule has 0 aliphatic heterocycles. The van der Waals surface area contributed by atoms with E-state index >= 15 is 0 Å². The fourth-order valence-corrected chi connectivity index (χ4v) is 2.91. The Morgan fingerprint density at radius 1 is 1.26 bits per heavy atom. The van der Waals surface area contributed by atoms with E-state index in [4.69, 9.17) is 4.74 Å². The van der Waals surface area contributed by atoms with Crippen LogP contribution in [0.4, 0.5) is 5.69 Å². The number of aryl methyl sites for hydroxylation is 1. The average Bonchev–Trinajstić information content (AvgIpc) is 2.41. The topological polar surface area (TPSA) is 32.7 Å². The second-order valence-electron chi connectivity index (χ2n) is 5.73. The molecule has 1 saturated carbocycles. The summed E-state index contributed by atoms with van der Waals surface area (Å²) in [6.07, 6.45) is 4.07. The maximum absolute atomic E-state index is 9.56. The van der Waals surface area contributed by atoms with Gasteiger partial charge in [-0.25, -0.2) is 0 Å². The molecule has 0 unspecified atom stereocenters. The summed E-state index contributed by atoms with van der Waals surface area (Å²) in [6, 6.07) is 6.29. The second kappa shape index (κ2) is 6.29. The van der Waals surface area contributed by atoms with Crippen molar-refractivity contribution in [2.75, 3.05) is 25.6 Å². The molecule has 1 N–H and O–H groups in total. The standard InChI is InChI=1S/C16H25NO2/c1-12-4-9-16(19-3)15(10-12)17(2)11-13-5-7-14(18)8-6-13/h4,9-10,13-14,18H,5-8,11H2,1-3H3. The molecule has 1 fully saturated rings. The third-order valence-corrected chi connectivity index (χ3v) is 4.09. The van der Waals surface area contributed by atoms with Crippen LogP contribution in [0.25, 0.3) is 0 Å². The van der Waals surface area contributed by atoms with Gasteiger partial charge in [-0.15, -0.1) is 0 Å². The number of nitrogens with zero attached hydrogens (tertiary/aromatic N) is 1.